The first kappa shape index (κ1) is 9.52. The zero-order valence-electron chi connectivity index (χ0n) is 7.82. The summed E-state index contributed by atoms with van der Waals surface area (Å²) in [6, 6.07) is 1.95. The molecule has 0 amide bonds. The molecule has 1 aliphatic rings. The van der Waals surface area contributed by atoms with Crippen LogP contribution in [0, 0.1) is 0 Å². The Morgan fingerprint density at radius 2 is 2.50 bits per heavy atom. The maximum Gasteiger partial charge on any atom is 0.303 e. The number of carboxylic acids is 1. The van der Waals surface area contributed by atoms with Gasteiger partial charge < -0.3 is 10.8 Å². The second-order valence-corrected chi connectivity index (χ2v) is 4.88. The number of anilines is 1. The van der Waals surface area contributed by atoms with Crippen LogP contribution in [0.15, 0.2) is 6.07 Å². The maximum absolute atomic E-state index is 10.7. The lowest BCUT2D eigenvalue weighted by atomic mass is 9.85. The highest BCUT2D eigenvalue weighted by molar-refractivity contribution is 7.16. The molecule has 1 atom stereocenters. The summed E-state index contributed by atoms with van der Waals surface area (Å²) in [7, 11) is 0. The van der Waals surface area contributed by atoms with Gasteiger partial charge in [-0.1, -0.05) is 0 Å². The quantitative estimate of drug-likeness (QED) is 0.788. The second kappa shape index (κ2) is 3.61. The molecule has 3 N–H and O–H groups in total. The third kappa shape index (κ3) is 1.75. The molecule has 0 aliphatic heterocycles. The Kier molecular flexibility index (Phi) is 2.46. The van der Waals surface area contributed by atoms with E-state index >= 15 is 0 Å². The fourth-order valence-electron chi connectivity index (χ4n) is 2.09. The molecule has 0 saturated carbocycles. The zero-order chi connectivity index (χ0) is 10.1. The molecule has 0 saturated heterocycles. The van der Waals surface area contributed by atoms with Crippen LogP contribution >= 0.6 is 11.3 Å². The number of aryl methyl sites for hydroxylation is 1. The Balaban J connectivity index is 2.25. The minimum absolute atomic E-state index is 0.185. The zero-order valence-corrected chi connectivity index (χ0v) is 8.64. The Labute approximate surface area is 86.6 Å². The number of carboxylic acid groups (broad SMARTS) is 1. The lowest BCUT2D eigenvalue weighted by molar-refractivity contribution is -0.137. The summed E-state index contributed by atoms with van der Waals surface area (Å²) in [6.07, 6.45) is 3.37. The number of thiophene rings is 1. The minimum Gasteiger partial charge on any atom is -0.481 e. The molecule has 1 unspecified atom stereocenters. The van der Waals surface area contributed by atoms with Crippen molar-refractivity contribution in [3.63, 3.8) is 0 Å². The molecule has 1 aliphatic carbocycles. The van der Waals surface area contributed by atoms with E-state index in [-0.39, 0.29) is 12.3 Å². The van der Waals surface area contributed by atoms with Gasteiger partial charge in [0, 0.05) is 4.88 Å². The summed E-state index contributed by atoms with van der Waals surface area (Å²) in [6.45, 7) is 0. The lowest BCUT2D eigenvalue weighted by Crippen LogP contribution is -2.11. The van der Waals surface area contributed by atoms with Gasteiger partial charge in [0.1, 0.15) is 0 Å². The van der Waals surface area contributed by atoms with Crippen LogP contribution in [0.25, 0.3) is 0 Å². The van der Waals surface area contributed by atoms with Crippen LogP contribution < -0.4 is 5.73 Å². The third-order valence-corrected chi connectivity index (χ3v) is 3.72. The number of nitrogens with two attached hydrogens (primary N) is 1. The van der Waals surface area contributed by atoms with Gasteiger partial charge in [-0.2, -0.15) is 0 Å². The molecule has 0 spiro atoms. The summed E-state index contributed by atoms with van der Waals surface area (Å²) in [5.41, 5.74) is 6.90. The van der Waals surface area contributed by atoms with Crippen molar-refractivity contribution >= 4 is 22.3 Å². The van der Waals surface area contributed by atoms with E-state index in [1.807, 2.05) is 6.07 Å². The van der Waals surface area contributed by atoms with E-state index in [1.165, 1.54) is 10.4 Å². The number of nitrogen functional groups attached to an aromatic ring is 1. The lowest BCUT2D eigenvalue weighted by Gasteiger charge is -2.20. The fourth-order valence-corrected chi connectivity index (χ4v) is 3.15. The largest absolute Gasteiger partial charge is 0.481 e. The van der Waals surface area contributed by atoms with Gasteiger partial charge in [-0.05, 0) is 36.8 Å². The Bertz CT molecular complexity index is 359. The summed E-state index contributed by atoms with van der Waals surface area (Å²) in [5, 5.41) is 9.58. The van der Waals surface area contributed by atoms with Crippen molar-refractivity contribution < 1.29 is 9.90 Å². The highest BCUT2D eigenvalue weighted by Crippen LogP contribution is 2.39. The van der Waals surface area contributed by atoms with Crippen LogP contribution in [0.1, 0.15) is 35.6 Å². The van der Waals surface area contributed by atoms with Crippen molar-refractivity contribution in [3.05, 3.63) is 16.5 Å². The topological polar surface area (TPSA) is 63.3 Å². The number of hydrogen-bond donors (Lipinski definition) is 2. The average molecular weight is 211 g/mol. The second-order valence-electron chi connectivity index (χ2n) is 3.71. The molecule has 0 radical (unpaired) electrons. The average Bonchev–Trinajstić information content (AvgIpc) is 2.45. The Morgan fingerprint density at radius 3 is 3.21 bits per heavy atom. The van der Waals surface area contributed by atoms with Gasteiger partial charge in [0.05, 0.1) is 11.4 Å². The van der Waals surface area contributed by atoms with Crippen LogP contribution in [-0.4, -0.2) is 11.1 Å². The molecule has 1 aromatic heterocycles. The van der Waals surface area contributed by atoms with Crippen molar-refractivity contribution in [2.45, 2.75) is 31.6 Å². The highest BCUT2D eigenvalue weighted by Gasteiger charge is 2.24. The molecular weight excluding hydrogens is 198 g/mol. The third-order valence-electron chi connectivity index (χ3n) is 2.68. The highest BCUT2D eigenvalue weighted by atomic mass is 32.1. The molecule has 3 nitrogen and oxygen atoms in total. The Hall–Kier alpha value is -1.03. The van der Waals surface area contributed by atoms with E-state index in [2.05, 4.69) is 0 Å². The van der Waals surface area contributed by atoms with Crippen molar-refractivity contribution in [2.24, 2.45) is 0 Å². The first-order valence-electron chi connectivity index (χ1n) is 4.76. The van der Waals surface area contributed by atoms with E-state index in [1.54, 1.807) is 11.3 Å². The molecule has 0 fully saturated rings. The van der Waals surface area contributed by atoms with E-state index in [9.17, 15) is 4.79 Å². The fraction of sp³-hybridized carbons (Fsp3) is 0.500. The molecule has 0 bridgehead atoms. The van der Waals surface area contributed by atoms with Gasteiger partial charge in [-0.25, -0.2) is 0 Å². The van der Waals surface area contributed by atoms with E-state index < -0.39 is 5.97 Å². The van der Waals surface area contributed by atoms with Crippen molar-refractivity contribution in [1.82, 2.24) is 0 Å². The van der Waals surface area contributed by atoms with Gasteiger partial charge in [0.2, 0.25) is 0 Å². The summed E-state index contributed by atoms with van der Waals surface area (Å²) in [5.74, 6) is -0.530. The van der Waals surface area contributed by atoms with E-state index in [0.717, 1.165) is 24.3 Å². The smallest absolute Gasteiger partial charge is 0.303 e. The first-order chi connectivity index (χ1) is 6.66. The number of carbonyl (C=O) groups is 1. The van der Waals surface area contributed by atoms with Gasteiger partial charge in [-0.3, -0.25) is 4.79 Å². The Morgan fingerprint density at radius 1 is 1.71 bits per heavy atom. The molecule has 0 aromatic carbocycles. The molecule has 1 aromatic rings. The predicted octanol–water partition coefficient (Wildman–Crippen LogP) is 2.22. The standard InChI is InChI=1S/C10H13NO2S/c11-9-5-7-6(4-10(12)13)2-1-3-8(7)14-9/h5-6H,1-4,11H2,(H,12,13). The SMILES string of the molecule is Nc1cc2c(s1)CCCC2CC(=O)O. The number of rotatable bonds is 2. The predicted molar refractivity (Wildman–Crippen MR) is 56.7 cm³/mol. The van der Waals surface area contributed by atoms with Crippen molar-refractivity contribution in [3.8, 4) is 0 Å². The number of fused-ring (bicyclic) bond motifs is 1. The van der Waals surface area contributed by atoms with Crippen LogP contribution in [0.2, 0.25) is 0 Å². The first-order valence-corrected chi connectivity index (χ1v) is 5.58. The summed E-state index contributed by atoms with van der Waals surface area (Å²) < 4.78 is 0. The van der Waals surface area contributed by atoms with Crippen LogP contribution in [0.4, 0.5) is 5.00 Å². The van der Waals surface area contributed by atoms with Gasteiger partial charge in [0.25, 0.3) is 0 Å². The van der Waals surface area contributed by atoms with E-state index in [0.29, 0.717) is 0 Å². The van der Waals surface area contributed by atoms with Crippen LogP contribution in [-0.2, 0) is 11.2 Å². The van der Waals surface area contributed by atoms with E-state index in [4.69, 9.17) is 10.8 Å². The summed E-state index contributed by atoms with van der Waals surface area (Å²) >= 11 is 1.61. The maximum atomic E-state index is 10.7. The van der Waals surface area contributed by atoms with Crippen LogP contribution in [0.3, 0.4) is 0 Å². The molecule has 76 valence electrons. The number of aliphatic carboxylic acids is 1. The molecule has 1 heterocycles. The normalized spacial score (nSPS) is 20.4. The molecular formula is C10H13NO2S. The molecule has 14 heavy (non-hydrogen) atoms. The number of hydrogen-bond acceptors (Lipinski definition) is 3. The van der Waals surface area contributed by atoms with Crippen molar-refractivity contribution in [1.29, 1.82) is 0 Å². The van der Waals surface area contributed by atoms with Crippen LogP contribution in [0.5, 0.6) is 0 Å². The monoisotopic (exact) mass is 211 g/mol. The van der Waals surface area contributed by atoms with Gasteiger partial charge in [-0.15, -0.1) is 11.3 Å². The minimum atomic E-state index is -0.715. The molecule has 2 rings (SSSR count). The summed E-state index contributed by atoms with van der Waals surface area (Å²) in [4.78, 5) is 11.9. The molecule has 4 heteroatoms. The van der Waals surface area contributed by atoms with Crippen molar-refractivity contribution in [2.75, 3.05) is 5.73 Å². The van der Waals surface area contributed by atoms with Gasteiger partial charge >= 0.3 is 5.97 Å². The van der Waals surface area contributed by atoms with Gasteiger partial charge in [0.15, 0.2) is 0 Å².